The summed E-state index contributed by atoms with van der Waals surface area (Å²) in [6.45, 7) is 4.41. The highest BCUT2D eigenvalue weighted by molar-refractivity contribution is 5.92. The van der Waals surface area contributed by atoms with E-state index >= 15 is 0 Å². The zero-order valence-corrected chi connectivity index (χ0v) is 10.8. The lowest BCUT2D eigenvalue weighted by Crippen LogP contribution is -2.18. The van der Waals surface area contributed by atoms with Gasteiger partial charge in [0.05, 0.1) is 13.2 Å². The summed E-state index contributed by atoms with van der Waals surface area (Å²) in [5, 5.41) is 0. The monoisotopic (exact) mass is 254 g/mol. The van der Waals surface area contributed by atoms with Gasteiger partial charge in [0.1, 0.15) is 17.4 Å². The molecule has 0 saturated carbocycles. The SMILES string of the molecule is CCOc1ccccc1C(=O)OOC(C)COC. The number of carbonyl (C=O) groups is 1. The van der Waals surface area contributed by atoms with Crippen molar-refractivity contribution in [1.82, 2.24) is 0 Å². The van der Waals surface area contributed by atoms with Crippen molar-refractivity contribution in [2.45, 2.75) is 20.0 Å². The van der Waals surface area contributed by atoms with E-state index in [1.54, 1.807) is 38.3 Å². The van der Waals surface area contributed by atoms with Crippen molar-refractivity contribution in [3.63, 3.8) is 0 Å². The predicted molar refractivity (Wildman–Crippen MR) is 65.4 cm³/mol. The molecule has 0 fully saturated rings. The molecule has 5 nitrogen and oxygen atoms in total. The summed E-state index contributed by atoms with van der Waals surface area (Å²) < 4.78 is 10.2. The minimum absolute atomic E-state index is 0.321. The third-order valence-corrected chi connectivity index (χ3v) is 2.10. The molecule has 0 spiro atoms. The molecular formula is C13H18O5. The Bertz CT molecular complexity index is 377. The standard InChI is InChI=1S/C13H18O5/c1-4-16-12-8-6-5-7-11(12)13(14)18-17-10(2)9-15-3/h5-8,10H,4,9H2,1-3H3. The Morgan fingerprint density at radius 3 is 2.72 bits per heavy atom. The van der Waals surface area contributed by atoms with E-state index in [2.05, 4.69) is 0 Å². The van der Waals surface area contributed by atoms with Crippen LogP contribution in [0.1, 0.15) is 24.2 Å². The van der Waals surface area contributed by atoms with Crippen LogP contribution in [0.3, 0.4) is 0 Å². The van der Waals surface area contributed by atoms with Gasteiger partial charge >= 0.3 is 5.97 Å². The van der Waals surface area contributed by atoms with Gasteiger partial charge in [0.25, 0.3) is 0 Å². The van der Waals surface area contributed by atoms with Crippen molar-refractivity contribution >= 4 is 5.97 Å². The Balaban J connectivity index is 2.60. The van der Waals surface area contributed by atoms with Gasteiger partial charge < -0.3 is 9.47 Å². The molecular weight excluding hydrogens is 236 g/mol. The van der Waals surface area contributed by atoms with Gasteiger partial charge in [0, 0.05) is 7.11 Å². The van der Waals surface area contributed by atoms with E-state index in [-0.39, 0.29) is 6.10 Å². The summed E-state index contributed by atoms with van der Waals surface area (Å²) in [7, 11) is 1.55. The fourth-order valence-electron chi connectivity index (χ4n) is 1.35. The number of hydrogen-bond donors (Lipinski definition) is 0. The molecule has 0 amide bonds. The molecule has 1 unspecified atom stereocenters. The molecule has 1 rings (SSSR count). The fourth-order valence-corrected chi connectivity index (χ4v) is 1.35. The van der Waals surface area contributed by atoms with Gasteiger partial charge in [0.2, 0.25) is 0 Å². The number of methoxy groups -OCH3 is 1. The molecule has 0 aliphatic heterocycles. The van der Waals surface area contributed by atoms with E-state index in [4.69, 9.17) is 19.2 Å². The van der Waals surface area contributed by atoms with Crippen LogP contribution in [0.15, 0.2) is 24.3 Å². The zero-order chi connectivity index (χ0) is 13.4. The molecule has 0 bridgehead atoms. The molecule has 0 N–H and O–H groups in total. The first kappa shape index (κ1) is 14.5. The maximum absolute atomic E-state index is 11.8. The van der Waals surface area contributed by atoms with Gasteiger partial charge in [-0.15, -0.1) is 0 Å². The lowest BCUT2D eigenvalue weighted by molar-refractivity contribution is -0.276. The van der Waals surface area contributed by atoms with Crippen molar-refractivity contribution < 1.29 is 24.0 Å². The van der Waals surface area contributed by atoms with E-state index in [9.17, 15) is 4.79 Å². The first-order valence-corrected chi connectivity index (χ1v) is 5.77. The van der Waals surface area contributed by atoms with E-state index < -0.39 is 5.97 Å². The van der Waals surface area contributed by atoms with E-state index in [0.29, 0.717) is 24.5 Å². The van der Waals surface area contributed by atoms with Gasteiger partial charge in [-0.3, -0.25) is 4.89 Å². The van der Waals surface area contributed by atoms with Crippen LogP contribution in [0.25, 0.3) is 0 Å². The minimum atomic E-state index is -0.581. The Kier molecular flexibility index (Phi) is 6.18. The van der Waals surface area contributed by atoms with Crippen LogP contribution in [-0.2, 0) is 14.5 Å². The molecule has 1 aromatic carbocycles. The van der Waals surface area contributed by atoms with E-state index in [0.717, 1.165) is 0 Å². The molecule has 0 saturated heterocycles. The van der Waals surface area contributed by atoms with Gasteiger partial charge in [-0.2, -0.15) is 4.89 Å². The van der Waals surface area contributed by atoms with Gasteiger partial charge in [0.15, 0.2) is 0 Å². The highest BCUT2D eigenvalue weighted by atomic mass is 17.2. The highest BCUT2D eigenvalue weighted by Gasteiger charge is 2.15. The maximum Gasteiger partial charge on any atom is 0.376 e. The van der Waals surface area contributed by atoms with Crippen LogP contribution in [0.5, 0.6) is 5.75 Å². The fraction of sp³-hybridized carbons (Fsp3) is 0.462. The molecule has 0 radical (unpaired) electrons. The van der Waals surface area contributed by atoms with Crippen LogP contribution in [0, 0.1) is 0 Å². The minimum Gasteiger partial charge on any atom is -0.493 e. The number of benzene rings is 1. The molecule has 0 aliphatic carbocycles. The number of hydrogen-bond acceptors (Lipinski definition) is 5. The van der Waals surface area contributed by atoms with Crippen LogP contribution in [0.2, 0.25) is 0 Å². The average molecular weight is 254 g/mol. The summed E-state index contributed by atoms with van der Waals surface area (Å²) in [5.74, 6) is -0.102. The summed E-state index contributed by atoms with van der Waals surface area (Å²) in [5.41, 5.74) is 0.337. The van der Waals surface area contributed by atoms with Crippen molar-refractivity contribution in [3.05, 3.63) is 29.8 Å². The normalized spacial score (nSPS) is 11.9. The second-order valence-corrected chi connectivity index (χ2v) is 3.66. The topological polar surface area (TPSA) is 54.0 Å². The molecule has 0 heterocycles. The number of carbonyl (C=O) groups excluding carboxylic acids is 1. The third kappa shape index (κ3) is 4.35. The quantitative estimate of drug-likeness (QED) is 0.551. The van der Waals surface area contributed by atoms with Gasteiger partial charge in [-0.05, 0) is 26.0 Å². The summed E-state index contributed by atoms with van der Waals surface area (Å²) in [6.07, 6.45) is -0.321. The van der Waals surface area contributed by atoms with Crippen molar-refractivity contribution in [2.75, 3.05) is 20.3 Å². The second kappa shape index (κ2) is 7.68. The largest absolute Gasteiger partial charge is 0.493 e. The highest BCUT2D eigenvalue weighted by Crippen LogP contribution is 2.19. The molecule has 5 heteroatoms. The first-order chi connectivity index (χ1) is 8.69. The van der Waals surface area contributed by atoms with Crippen LogP contribution >= 0.6 is 0 Å². The number of para-hydroxylation sites is 1. The summed E-state index contributed by atoms with van der Waals surface area (Å²) >= 11 is 0. The molecule has 100 valence electrons. The average Bonchev–Trinajstić information content (AvgIpc) is 2.37. The number of ether oxygens (including phenoxy) is 2. The second-order valence-electron chi connectivity index (χ2n) is 3.66. The predicted octanol–water partition coefficient (Wildman–Crippen LogP) is 2.21. The maximum atomic E-state index is 11.8. The molecule has 0 aliphatic rings. The van der Waals surface area contributed by atoms with Crippen LogP contribution < -0.4 is 4.74 Å². The van der Waals surface area contributed by atoms with Crippen molar-refractivity contribution in [3.8, 4) is 5.75 Å². The first-order valence-electron chi connectivity index (χ1n) is 5.77. The summed E-state index contributed by atoms with van der Waals surface area (Å²) in [4.78, 5) is 21.4. The van der Waals surface area contributed by atoms with Crippen LogP contribution in [-0.4, -0.2) is 32.4 Å². The third-order valence-electron chi connectivity index (χ3n) is 2.10. The smallest absolute Gasteiger partial charge is 0.376 e. The van der Waals surface area contributed by atoms with Crippen molar-refractivity contribution in [1.29, 1.82) is 0 Å². The molecule has 1 aromatic rings. The summed E-state index contributed by atoms with van der Waals surface area (Å²) in [6, 6.07) is 6.85. The van der Waals surface area contributed by atoms with Crippen LogP contribution in [0.4, 0.5) is 0 Å². The van der Waals surface area contributed by atoms with E-state index in [1.807, 2.05) is 6.92 Å². The lowest BCUT2D eigenvalue weighted by atomic mass is 10.2. The van der Waals surface area contributed by atoms with E-state index in [1.165, 1.54) is 0 Å². The molecule has 1 atom stereocenters. The van der Waals surface area contributed by atoms with Crippen molar-refractivity contribution in [2.24, 2.45) is 0 Å². The molecule has 0 aromatic heterocycles. The molecule has 18 heavy (non-hydrogen) atoms. The van der Waals surface area contributed by atoms with Gasteiger partial charge in [-0.1, -0.05) is 12.1 Å². The zero-order valence-electron chi connectivity index (χ0n) is 10.8. The Morgan fingerprint density at radius 1 is 1.33 bits per heavy atom. The van der Waals surface area contributed by atoms with Gasteiger partial charge in [-0.25, -0.2) is 4.79 Å². The Hall–Kier alpha value is -1.59. The Labute approximate surface area is 107 Å². The number of rotatable bonds is 7. The lowest BCUT2D eigenvalue weighted by Gasteiger charge is -2.11. The Morgan fingerprint density at radius 2 is 2.06 bits per heavy atom.